The lowest BCUT2D eigenvalue weighted by Gasteiger charge is -2.20. The van der Waals surface area contributed by atoms with Crippen molar-refractivity contribution in [3.8, 4) is 0 Å². The molecule has 0 unspecified atom stereocenters. The molecule has 1 aromatic carbocycles. The van der Waals surface area contributed by atoms with Crippen LogP contribution < -0.4 is 5.09 Å². The SMILES string of the molecule is CCCCOP(=O)(Nc1cccc(F)c1)OCCCC. The van der Waals surface area contributed by atoms with Crippen LogP contribution in [0.1, 0.15) is 39.5 Å². The van der Waals surface area contributed by atoms with E-state index >= 15 is 0 Å². The molecule has 114 valence electrons. The summed E-state index contributed by atoms with van der Waals surface area (Å²) in [4.78, 5) is 0. The van der Waals surface area contributed by atoms with Gasteiger partial charge >= 0.3 is 7.75 Å². The van der Waals surface area contributed by atoms with Crippen molar-refractivity contribution in [2.24, 2.45) is 0 Å². The van der Waals surface area contributed by atoms with Gasteiger partial charge in [-0.3, -0.25) is 14.1 Å². The second-order valence-electron chi connectivity index (χ2n) is 4.49. The Balaban J connectivity index is 2.67. The maximum atomic E-state index is 13.1. The van der Waals surface area contributed by atoms with Crippen molar-refractivity contribution in [3.05, 3.63) is 30.1 Å². The lowest BCUT2D eigenvalue weighted by molar-refractivity contribution is 0.204. The number of rotatable bonds is 10. The van der Waals surface area contributed by atoms with E-state index in [1.54, 1.807) is 12.1 Å². The number of halogens is 1. The molecule has 1 N–H and O–H groups in total. The highest BCUT2D eigenvalue weighted by Crippen LogP contribution is 2.48. The average molecular weight is 303 g/mol. The Morgan fingerprint density at radius 2 is 1.75 bits per heavy atom. The molecule has 20 heavy (non-hydrogen) atoms. The van der Waals surface area contributed by atoms with Crippen LogP contribution in [0, 0.1) is 5.82 Å². The highest BCUT2D eigenvalue weighted by atomic mass is 31.2. The Bertz CT molecular complexity index is 428. The van der Waals surface area contributed by atoms with Crippen molar-refractivity contribution in [2.75, 3.05) is 18.3 Å². The van der Waals surface area contributed by atoms with Crippen molar-refractivity contribution in [1.82, 2.24) is 0 Å². The van der Waals surface area contributed by atoms with E-state index in [4.69, 9.17) is 9.05 Å². The first-order chi connectivity index (χ1) is 9.59. The standard InChI is InChI=1S/C14H23FNO3P/c1-3-5-10-18-20(17,19-11-6-4-2)16-14-9-7-8-13(15)12-14/h7-9,12H,3-6,10-11H2,1-2H3,(H,16,17). The van der Waals surface area contributed by atoms with E-state index in [0.29, 0.717) is 18.9 Å². The average Bonchev–Trinajstić information content (AvgIpc) is 2.39. The van der Waals surface area contributed by atoms with E-state index in [0.717, 1.165) is 25.7 Å². The monoisotopic (exact) mass is 303 g/mol. The molecular formula is C14H23FNO3P. The van der Waals surface area contributed by atoms with Gasteiger partial charge in [0.05, 0.1) is 13.2 Å². The Morgan fingerprint density at radius 1 is 1.15 bits per heavy atom. The summed E-state index contributed by atoms with van der Waals surface area (Å²) in [5.74, 6) is -0.399. The summed E-state index contributed by atoms with van der Waals surface area (Å²) in [5.41, 5.74) is 0.390. The van der Waals surface area contributed by atoms with Gasteiger partial charge in [0, 0.05) is 5.69 Å². The molecule has 0 spiro atoms. The molecule has 0 radical (unpaired) electrons. The molecule has 0 heterocycles. The summed E-state index contributed by atoms with van der Waals surface area (Å²) in [6.45, 7) is 4.74. The smallest absolute Gasteiger partial charge is 0.293 e. The fraction of sp³-hybridized carbons (Fsp3) is 0.571. The van der Waals surface area contributed by atoms with E-state index in [1.807, 2.05) is 13.8 Å². The van der Waals surface area contributed by atoms with E-state index in [1.165, 1.54) is 12.1 Å². The zero-order valence-corrected chi connectivity index (χ0v) is 13.0. The number of unbranched alkanes of at least 4 members (excludes halogenated alkanes) is 2. The molecule has 0 aliphatic heterocycles. The highest BCUT2D eigenvalue weighted by molar-refractivity contribution is 7.55. The summed E-state index contributed by atoms with van der Waals surface area (Å²) in [6.07, 6.45) is 3.47. The summed E-state index contributed by atoms with van der Waals surface area (Å²) in [7, 11) is -3.44. The van der Waals surface area contributed by atoms with Gasteiger partial charge in [-0.25, -0.2) is 8.96 Å². The molecule has 0 atom stereocenters. The number of benzene rings is 1. The second-order valence-corrected chi connectivity index (χ2v) is 6.23. The summed E-state index contributed by atoms with van der Waals surface area (Å²) >= 11 is 0. The molecule has 0 aromatic heterocycles. The molecule has 0 bridgehead atoms. The number of anilines is 1. The predicted molar refractivity (Wildman–Crippen MR) is 79.3 cm³/mol. The van der Waals surface area contributed by atoms with Gasteiger partial charge < -0.3 is 0 Å². The fourth-order valence-electron chi connectivity index (χ4n) is 1.48. The molecular weight excluding hydrogens is 280 g/mol. The zero-order valence-electron chi connectivity index (χ0n) is 12.1. The fourth-order valence-corrected chi connectivity index (χ4v) is 2.87. The first-order valence-electron chi connectivity index (χ1n) is 7.02. The summed E-state index contributed by atoms with van der Waals surface area (Å²) in [5, 5.41) is 2.69. The first-order valence-corrected chi connectivity index (χ1v) is 8.57. The number of nitrogens with one attached hydrogen (secondary N) is 1. The molecule has 0 amide bonds. The van der Waals surface area contributed by atoms with Crippen LogP contribution in [-0.4, -0.2) is 13.2 Å². The van der Waals surface area contributed by atoms with Crippen LogP contribution in [0.2, 0.25) is 0 Å². The minimum atomic E-state index is -3.44. The van der Waals surface area contributed by atoms with Gasteiger partial charge in [0.15, 0.2) is 0 Å². The third-order valence-corrected chi connectivity index (χ3v) is 4.19. The van der Waals surface area contributed by atoms with E-state index in [2.05, 4.69) is 5.09 Å². The van der Waals surface area contributed by atoms with Gasteiger partial charge in [0.2, 0.25) is 0 Å². The first kappa shape index (κ1) is 17.2. The highest BCUT2D eigenvalue weighted by Gasteiger charge is 2.24. The van der Waals surface area contributed by atoms with Gasteiger partial charge in [-0.1, -0.05) is 32.8 Å². The van der Waals surface area contributed by atoms with Crippen molar-refractivity contribution < 1.29 is 18.0 Å². The zero-order chi connectivity index (χ0) is 14.8. The van der Waals surface area contributed by atoms with Gasteiger partial charge in [0.25, 0.3) is 0 Å². The molecule has 1 rings (SSSR count). The van der Waals surface area contributed by atoms with Crippen molar-refractivity contribution in [1.29, 1.82) is 0 Å². The van der Waals surface area contributed by atoms with E-state index < -0.39 is 13.6 Å². The van der Waals surface area contributed by atoms with Gasteiger partial charge in [-0.05, 0) is 31.0 Å². The lowest BCUT2D eigenvalue weighted by Crippen LogP contribution is -2.07. The van der Waals surface area contributed by atoms with Crippen LogP contribution >= 0.6 is 7.75 Å². The molecule has 0 fully saturated rings. The second kappa shape index (κ2) is 9.11. The minimum absolute atomic E-state index is 0.349. The van der Waals surface area contributed by atoms with E-state index in [9.17, 15) is 8.96 Å². The lowest BCUT2D eigenvalue weighted by atomic mass is 10.3. The predicted octanol–water partition coefficient (Wildman–Crippen LogP) is 4.98. The Kier molecular flexibility index (Phi) is 7.82. The topological polar surface area (TPSA) is 47.6 Å². The summed E-state index contributed by atoms with van der Waals surface area (Å²) in [6, 6.07) is 5.76. The van der Waals surface area contributed by atoms with Crippen molar-refractivity contribution in [3.63, 3.8) is 0 Å². The number of hydrogen-bond donors (Lipinski definition) is 1. The van der Waals surface area contributed by atoms with Crippen LogP contribution in [0.5, 0.6) is 0 Å². The van der Waals surface area contributed by atoms with Gasteiger partial charge in [0.1, 0.15) is 5.82 Å². The Labute approximate surface area is 120 Å². The molecule has 0 saturated carbocycles. The third kappa shape index (κ3) is 6.51. The van der Waals surface area contributed by atoms with Gasteiger partial charge in [-0.2, -0.15) is 0 Å². The molecule has 0 saturated heterocycles. The minimum Gasteiger partial charge on any atom is -0.293 e. The maximum absolute atomic E-state index is 13.1. The quantitative estimate of drug-likeness (QED) is 0.489. The number of hydrogen-bond acceptors (Lipinski definition) is 3. The maximum Gasteiger partial charge on any atom is 0.432 e. The Morgan fingerprint density at radius 3 is 2.25 bits per heavy atom. The van der Waals surface area contributed by atoms with Crippen molar-refractivity contribution >= 4 is 13.4 Å². The third-order valence-electron chi connectivity index (χ3n) is 2.61. The van der Waals surface area contributed by atoms with Crippen LogP contribution in [-0.2, 0) is 13.6 Å². The normalized spacial score (nSPS) is 11.6. The molecule has 4 nitrogen and oxygen atoms in total. The van der Waals surface area contributed by atoms with Gasteiger partial charge in [-0.15, -0.1) is 0 Å². The molecule has 0 aliphatic rings. The van der Waals surface area contributed by atoms with Crippen LogP contribution in [0.25, 0.3) is 0 Å². The van der Waals surface area contributed by atoms with Crippen LogP contribution in [0.15, 0.2) is 24.3 Å². The van der Waals surface area contributed by atoms with Crippen LogP contribution in [0.4, 0.5) is 10.1 Å². The molecule has 6 heteroatoms. The molecule has 1 aromatic rings. The Hall–Kier alpha value is -0.900. The largest absolute Gasteiger partial charge is 0.432 e. The van der Waals surface area contributed by atoms with E-state index in [-0.39, 0.29) is 0 Å². The van der Waals surface area contributed by atoms with Crippen LogP contribution in [0.3, 0.4) is 0 Å². The van der Waals surface area contributed by atoms with Crippen molar-refractivity contribution in [2.45, 2.75) is 39.5 Å². The molecule has 0 aliphatic carbocycles. The summed E-state index contributed by atoms with van der Waals surface area (Å²) < 4.78 is 36.4.